The normalized spacial score (nSPS) is 17.8. The number of nitrogens with zero attached hydrogens (tertiary/aromatic N) is 2. The van der Waals surface area contributed by atoms with E-state index in [0.29, 0.717) is 25.2 Å². The van der Waals surface area contributed by atoms with Gasteiger partial charge in [0.05, 0.1) is 11.6 Å². The van der Waals surface area contributed by atoms with Crippen molar-refractivity contribution in [2.45, 2.75) is 31.7 Å². The van der Waals surface area contributed by atoms with E-state index in [2.05, 4.69) is 0 Å². The van der Waals surface area contributed by atoms with E-state index in [1.807, 2.05) is 10.8 Å². The molecule has 1 aromatic heterocycles. The quantitative estimate of drug-likeness (QED) is 0.501. The van der Waals surface area contributed by atoms with Gasteiger partial charge in [0, 0.05) is 37.1 Å². The summed E-state index contributed by atoms with van der Waals surface area (Å²) in [7, 11) is 0. The molecule has 1 aliphatic heterocycles. The van der Waals surface area contributed by atoms with Crippen LogP contribution in [0.2, 0.25) is 0 Å². The minimum atomic E-state index is -4.53. The first-order chi connectivity index (χ1) is 13.9. The van der Waals surface area contributed by atoms with Gasteiger partial charge in [0.25, 0.3) is 0 Å². The molecule has 0 bridgehead atoms. The molecule has 0 fully saturated rings. The molecule has 0 saturated carbocycles. The number of hydrogen-bond acceptors (Lipinski definition) is 1. The van der Waals surface area contributed by atoms with Gasteiger partial charge in [0.15, 0.2) is 0 Å². The molecule has 0 aliphatic carbocycles. The lowest BCUT2D eigenvalue weighted by Gasteiger charge is -2.32. The van der Waals surface area contributed by atoms with Gasteiger partial charge in [-0.3, -0.25) is 4.90 Å². The molecule has 2 nitrogen and oxygen atoms in total. The van der Waals surface area contributed by atoms with Gasteiger partial charge in [-0.05, 0) is 42.3 Å². The van der Waals surface area contributed by atoms with Gasteiger partial charge in [-0.2, -0.15) is 13.2 Å². The van der Waals surface area contributed by atoms with Gasteiger partial charge in [-0.15, -0.1) is 0 Å². The number of aromatic nitrogens is 1. The molecule has 1 aliphatic rings. The second-order valence-corrected chi connectivity index (χ2v) is 7.14. The third-order valence-electron chi connectivity index (χ3n) is 5.34. The van der Waals surface area contributed by atoms with Gasteiger partial charge in [-0.1, -0.05) is 24.3 Å². The monoisotopic (exact) mass is 406 g/mol. The van der Waals surface area contributed by atoms with Crippen LogP contribution in [0.15, 0.2) is 60.8 Å². The van der Waals surface area contributed by atoms with Crippen molar-refractivity contribution in [2.24, 2.45) is 0 Å². The molecule has 0 N–H and O–H groups in total. The Kier molecular flexibility index (Phi) is 5.17. The average Bonchev–Trinajstić information content (AvgIpc) is 3.05. The highest BCUT2D eigenvalue weighted by Crippen LogP contribution is 2.40. The smallest absolute Gasteiger partial charge is 0.350 e. The summed E-state index contributed by atoms with van der Waals surface area (Å²) in [6, 6.07) is 11.8. The minimum absolute atomic E-state index is 0.0820. The third kappa shape index (κ3) is 3.79. The summed E-state index contributed by atoms with van der Waals surface area (Å²) in [5.74, 6) is -1.40. The van der Waals surface area contributed by atoms with E-state index < -0.39 is 29.4 Å². The maximum Gasteiger partial charge on any atom is 0.416 e. The highest BCUT2D eigenvalue weighted by atomic mass is 19.4. The predicted octanol–water partition coefficient (Wildman–Crippen LogP) is 5.78. The molecule has 29 heavy (non-hydrogen) atoms. The van der Waals surface area contributed by atoms with E-state index in [0.717, 1.165) is 18.2 Å². The molecule has 0 amide bonds. The van der Waals surface area contributed by atoms with Crippen molar-refractivity contribution < 1.29 is 22.0 Å². The number of rotatable bonds is 3. The van der Waals surface area contributed by atoms with E-state index >= 15 is 0 Å². The third-order valence-corrected chi connectivity index (χ3v) is 5.34. The zero-order valence-electron chi connectivity index (χ0n) is 15.5. The van der Waals surface area contributed by atoms with E-state index in [-0.39, 0.29) is 17.7 Å². The standard InChI is InChI=1S/C22H19F5N2/c23-18-8-3-9-19(24)16(18)14-29-13-5-12-28-11-4-10-20(28)21(29)15-6-1-2-7-17(15)22(25,26)27/h1-4,6-11,21H,5,12-14H2/t21-/m0/s1. The van der Waals surface area contributed by atoms with Crippen LogP contribution in [-0.2, 0) is 19.3 Å². The maximum atomic E-state index is 14.3. The first-order valence-electron chi connectivity index (χ1n) is 9.34. The molecule has 0 saturated heterocycles. The van der Waals surface area contributed by atoms with E-state index in [9.17, 15) is 22.0 Å². The molecule has 152 valence electrons. The molecular weight excluding hydrogens is 387 g/mol. The summed E-state index contributed by atoms with van der Waals surface area (Å²) in [4.78, 5) is 1.73. The molecule has 2 heterocycles. The van der Waals surface area contributed by atoms with Crippen molar-refractivity contribution in [3.63, 3.8) is 0 Å². The molecule has 7 heteroatoms. The van der Waals surface area contributed by atoms with Crippen LogP contribution in [0.3, 0.4) is 0 Å². The van der Waals surface area contributed by atoms with Gasteiger partial charge in [0.1, 0.15) is 11.6 Å². The van der Waals surface area contributed by atoms with Crippen LogP contribution in [0, 0.1) is 11.6 Å². The van der Waals surface area contributed by atoms with E-state index in [4.69, 9.17) is 0 Å². The molecule has 1 atom stereocenters. The highest BCUT2D eigenvalue weighted by Gasteiger charge is 2.38. The van der Waals surface area contributed by atoms with Crippen LogP contribution < -0.4 is 0 Å². The van der Waals surface area contributed by atoms with Crippen molar-refractivity contribution >= 4 is 0 Å². The van der Waals surface area contributed by atoms with Gasteiger partial charge < -0.3 is 4.57 Å². The number of alkyl halides is 3. The molecule has 0 spiro atoms. The summed E-state index contributed by atoms with van der Waals surface area (Å²) in [5, 5.41) is 0. The lowest BCUT2D eigenvalue weighted by Crippen LogP contribution is -2.31. The molecule has 0 radical (unpaired) electrons. The fourth-order valence-electron chi connectivity index (χ4n) is 4.05. The van der Waals surface area contributed by atoms with Crippen molar-refractivity contribution in [1.82, 2.24) is 9.47 Å². The summed E-state index contributed by atoms with van der Waals surface area (Å²) >= 11 is 0. The number of hydrogen-bond donors (Lipinski definition) is 0. The first kappa shape index (κ1) is 19.6. The Morgan fingerprint density at radius 1 is 0.862 bits per heavy atom. The SMILES string of the molecule is Fc1cccc(F)c1CN1CCCn2cccc2[C@@H]1c1ccccc1C(F)(F)F. The summed E-state index contributed by atoms with van der Waals surface area (Å²) < 4.78 is 71.7. The fraction of sp³-hybridized carbons (Fsp3) is 0.273. The maximum absolute atomic E-state index is 14.3. The van der Waals surface area contributed by atoms with Crippen LogP contribution in [0.5, 0.6) is 0 Å². The Morgan fingerprint density at radius 3 is 2.31 bits per heavy atom. The van der Waals surface area contributed by atoms with Crippen LogP contribution in [0.1, 0.15) is 34.8 Å². The molecule has 3 aromatic rings. The Labute approximate surface area is 165 Å². The molecule has 0 unspecified atom stereocenters. The van der Waals surface area contributed by atoms with Gasteiger partial charge >= 0.3 is 6.18 Å². The first-order valence-corrected chi connectivity index (χ1v) is 9.34. The predicted molar refractivity (Wildman–Crippen MR) is 99.1 cm³/mol. The van der Waals surface area contributed by atoms with Crippen LogP contribution in [0.25, 0.3) is 0 Å². The van der Waals surface area contributed by atoms with Crippen LogP contribution in [-0.4, -0.2) is 16.0 Å². The summed E-state index contributed by atoms with van der Waals surface area (Å²) in [6.45, 7) is 0.913. The number of aryl methyl sites for hydroxylation is 1. The lowest BCUT2D eigenvalue weighted by atomic mass is 9.95. The summed E-state index contributed by atoms with van der Waals surface area (Å²) in [6.07, 6.45) is -2.05. The zero-order valence-corrected chi connectivity index (χ0v) is 15.5. The average molecular weight is 406 g/mol. The number of fused-ring (bicyclic) bond motifs is 1. The number of benzene rings is 2. The Bertz CT molecular complexity index is 988. The summed E-state index contributed by atoms with van der Waals surface area (Å²) in [5.41, 5.74) is -0.116. The molecule has 2 aromatic carbocycles. The second kappa shape index (κ2) is 7.63. The van der Waals surface area contributed by atoms with Crippen molar-refractivity contribution in [3.05, 3.63) is 94.8 Å². The van der Waals surface area contributed by atoms with Crippen molar-refractivity contribution in [2.75, 3.05) is 6.54 Å². The lowest BCUT2D eigenvalue weighted by molar-refractivity contribution is -0.138. The highest BCUT2D eigenvalue weighted by molar-refractivity contribution is 5.38. The second-order valence-electron chi connectivity index (χ2n) is 7.14. The Balaban J connectivity index is 1.85. The van der Waals surface area contributed by atoms with Crippen LogP contribution in [0.4, 0.5) is 22.0 Å². The van der Waals surface area contributed by atoms with Gasteiger partial charge in [0.2, 0.25) is 0 Å². The fourth-order valence-corrected chi connectivity index (χ4v) is 4.05. The van der Waals surface area contributed by atoms with Crippen molar-refractivity contribution in [3.8, 4) is 0 Å². The van der Waals surface area contributed by atoms with E-state index in [1.165, 1.54) is 18.2 Å². The molecule has 4 rings (SSSR count). The van der Waals surface area contributed by atoms with Crippen molar-refractivity contribution in [1.29, 1.82) is 0 Å². The zero-order chi connectivity index (χ0) is 20.6. The largest absolute Gasteiger partial charge is 0.416 e. The number of halogens is 5. The Hall–Kier alpha value is -2.67. The minimum Gasteiger partial charge on any atom is -0.350 e. The van der Waals surface area contributed by atoms with Crippen LogP contribution >= 0.6 is 0 Å². The topological polar surface area (TPSA) is 8.17 Å². The van der Waals surface area contributed by atoms with Gasteiger partial charge in [-0.25, -0.2) is 8.78 Å². The Morgan fingerprint density at radius 2 is 1.59 bits per heavy atom. The molecular formula is C22H19F5N2. The van der Waals surface area contributed by atoms with E-state index in [1.54, 1.807) is 23.1 Å².